The minimum atomic E-state index is 0.196. The van der Waals surface area contributed by atoms with E-state index in [0.717, 1.165) is 30.8 Å². The topological polar surface area (TPSA) is 56.2 Å². The van der Waals surface area contributed by atoms with Crippen molar-refractivity contribution in [3.63, 3.8) is 0 Å². The van der Waals surface area contributed by atoms with Crippen LogP contribution in [0.4, 0.5) is 0 Å². The van der Waals surface area contributed by atoms with Crippen LogP contribution in [0.3, 0.4) is 0 Å². The Bertz CT molecular complexity index is 365. The van der Waals surface area contributed by atoms with Crippen LogP contribution in [0.5, 0.6) is 0 Å². The van der Waals surface area contributed by atoms with Crippen LogP contribution in [-0.2, 0) is 6.54 Å². The molecule has 88 valence electrons. The Labute approximate surface area is 96.9 Å². The summed E-state index contributed by atoms with van der Waals surface area (Å²) in [6.45, 7) is 8.51. The minimum Gasteiger partial charge on any atom is -0.333 e. The first-order valence-electron chi connectivity index (χ1n) is 5.60. The molecule has 0 fully saturated rings. The number of rotatable bonds is 6. The van der Waals surface area contributed by atoms with Crippen LogP contribution >= 0.6 is 0 Å². The van der Waals surface area contributed by atoms with Crippen molar-refractivity contribution < 1.29 is 0 Å². The first-order chi connectivity index (χ1) is 7.69. The second kappa shape index (κ2) is 6.23. The lowest BCUT2D eigenvalue weighted by molar-refractivity contribution is 0.508. The Morgan fingerprint density at radius 1 is 1.69 bits per heavy atom. The van der Waals surface area contributed by atoms with Crippen LogP contribution in [-0.4, -0.2) is 21.8 Å². The molecule has 0 amide bonds. The zero-order valence-corrected chi connectivity index (χ0v) is 10.1. The quantitative estimate of drug-likeness (QED) is 0.744. The number of nitrogens with two attached hydrogens (primary N) is 1. The third-order valence-corrected chi connectivity index (χ3v) is 2.53. The molecule has 0 aliphatic heterocycles. The van der Waals surface area contributed by atoms with Gasteiger partial charge in [0.2, 0.25) is 0 Å². The number of imidazole rings is 1. The van der Waals surface area contributed by atoms with Crippen LogP contribution in [0.25, 0.3) is 0 Å². The van der Waals surface area contributed by atoms with E-state index in [4.69, 9.17) is 5.73 Å². The smallest absolute Gasteiger partial charge is 0.102 e. The highest BCUT2D eigenvalue weighted by Gasteiger charge is 2.07. The Balaban J connectivity index is 2.71. The summed E-state index contributed by atoms with van der Waals surface area (Å²) in [5.74, 6) is 0. The molecule has 0 aliphatic rings. The Hall–Kier alpha value is -1.42. The van der Waals surface area contributed by atoms with Gasteiger partial charge in [0.1, 0.15) is 5.69 Å². The number of aliphatic imine (C=N–C) groups is 1. The van der Waals surface area contributed by atoms with Gasteiger partial charge in [-0.05, 0) is 13.3 Å². The Kier molecular flexibility index (Phi) is 4.92. The third-order valence-electron chi connectivity index (χ3n) is 2.53. The van der Waals surface area contributed by atoms with E-state index < -0.39 is 0 Å². The molecular formula is C12H20N4. The maximum atomic E-state index is 6.00. The molecule has 1 atom stereocenters. The largest absolute Gasteiger partial charge is 0.333 e. The molecule has 16 heavy (non-hydrogen) atoms. The first kappa shape index (κ1) is 12.6. The lowest BCUT2D eigenvalue weighted by Crippen LogP contribution is -2.26. The molecule has 1 rings (SSSR count). The molecule has 0 spiro atoms. The summed E-state index contributed by atoms with van der Waals surface area (Å²) in [6, 6.07) is 0.196. The van der Waals surface area contributed by atoms with Crippen molar-refractivity contribution in [3.05, 3.63) is 30.5 Å². The Morgan fingerprint density at radius 2 is 2.44 bits per heavy atom. The summed E-state index contributed by atoms with van der Waals surface area (Å²) >= 11 is 0. The van der Waals surface area contributed by atoms with Crippen LogP contribution in [0, 0.1) is 6.92 Å². The van der Waals surface area contributed by atoms with Crippen molar-refractivity contribution in [1.82, 2.24) is 9.55 Å². The van der Waals surface area contributed by atoms with Crippen molar-refractivity contribution in [3.8, 4) is 0 Å². The second-order valence-electron chi connectivity index (χ2n) is 3.88. The monoisotopic (exact) mass is 220 g/mol. The fourth-order valence-electron chi connectivity index (χ4n) is 1.61. The van der Waals surface area contributed by atoms with E-state index in [9.17, 15) is 0 Å². The predicted octanol–water partition coefficient (Wildman–Crippen LogP) is 1.88. The number of aromatic nitrogens is 2. The van der Waals surface area contributed by atoms with Gasteiger partial charge in [-0.3, -0.25) is 4.99 Å². The highest BCUT2D eigenvalue weighted by molar-refractivity contribution is 5.78. The van der Waals surface area contributed by atoms with Gasteiger partial charge in [-0.15, -0.1) is 0 Å². The maximum absolute atomic E-state index is 6.00. The molecule has 0 aliphatic carbocycles. The minimum absolute atomic E-state index is 0.196. The molecule has 0 saturated heterocycles. The molecule has 1 heterocycles. The molecule has 1 aromatic heterocycles. The molecule has 0 unspecified atom stereocenters. The van der Waals surface area contributed by atoms with Gasteiger partial charge in [0, 0.05) is 24.5 Å². The SMILES string of the molecule is C=CN=Cc1ncn(C[C@H](N)CCC)c1C. The molecule has 0 radical (unpaired) electrons. The lowest BCUT2D eigenvalue weighted by atomic mass is 10.2. The number of hydrogen-bond acceptors (Lipinski definition) is 3. The van der Waals surface area contributed by atoms with Crippen LogP contribution in [0.2, 0.25) is 0 Å². The van der Waals surface area contributed by atoms with Crippen molar-refractivity contribution in [2.24, 2.45) is 10.7 Å². The molecule has 4 nitrogen and oxygen atoms in total. The molecule has 0 aromatic carbocycles. The van der Waals surface area contributed by atoms with E-state index in [2.05, 4.69) is 28.0 Å². The van der Waals surface area contributed by atoms with Gasteiger partial charge in [-0.2, -0.15) is 0 Å². The van der Waals surface area contributed by atoms with Gasteiger partial charge in [-0.25, -0.2) is 4.98 Å². The first-order valence-corrected chi connectivity index (χ1v) is 5.60. The van der Waals surface area contributed by atoms with Crippen LogP contribution in [0.1, 0.15) is 31.2 Å². The van der Waals surface area contributed by atoms with E-state index in [1.807, 2.05) is 13.3 Å². The van der Waals surface area contributed by atoms with Crippen LogP contribution < -0.4 is 5.73 Å². The fraction of sp³-hybridized carbons (Fsp3) is 0.500. The number of nitrogens with zero attached hydrogens (tertiary/aromatic N) is 3. The highest BCUT2D eigenvalue weighted by Crippen LogP contribution is 2.06. The van der Waals surface area contributed by atoms with Gasteiger partial charge in [0.05, 0.1) is 12.5 Å². The molecule has 0 saturated carbocycles. The summed E-state index contributed by atoms with van der Waals surface area (Å²) in [6.07, 6.45) is 7.17. The molecule has 1 aromatic rings. The summed E-state index contributed by atoms with van der Waals surface area (Å²) in [4.78, 5) is 8.24. The summed E-state index contributed by atoms with van der Waals surface area (Å²) in [7, 11) is 0. The fourth-order valence-corrected chi connectivity index (χ4v) is 1.61. The molecule has 0 bridgehead atoms. The van der Waals surface area contributed by atoms with E-state index in [-0.39, 0.29) is 6.04 Å². The van der Waals surface area contributed by atoms with Crippen molar-refractivity contribution in [2.45, 2.75) is 39.3 Å². The summed E-state index contributed by atoms with van der Waals surface area (Å²) in [5, 5.41) is 0. The zero-order valence-electron chi connectivity index (χ0n) is 10.1. The third kappa shape index (κ3) is 3.31. The van der Waals surface area contributed by atoms with Gasteiger partial charge < -0.3 is 10.3 Å². The van der Waals surface area contributed by atoms with Gasteiger partial charge in [0.25, 0.3) is 0 Å². The van der Waals surface area contributed by atoms with E-state index in [0.29, 0.717) is 0 Å². The number of hydrogen-bond donors (Lipinski definition) is 1. The average Bonchev–Trinajstić information content (AvgIpc) is 2.58. The van der Waals surface area contributed by atoms with E-state index in [1.165, 1.54) is 6.20 Å². The normalized spacial score (nSPS) is 13.2. The van der Waals surface area contributed by atoms with Crippen LogP contribution in [0.15, 0.2) is 24.1 Å². The van der Waals surface area contributed by atoms with Gasteiger partial charge in [0.15, 0.2) is 0 Å². The predicted molar refractivity (Wildman–Crippen MR) is 67.6 cm³/mol. The summed E-state index contributed by atoms with van der Waals surface area (Å²) < 4.78 is 2.07. The molecular weight excluding hydrogens is 200 g/mol. The molecule has 2 N–H and O–H groups in total. The lowest BCUT2D eigenvalue weighted by Gasteiger charge is -2.12. The molecule has 4 heteroatoms. The van der Waals surface area contributed by atoms with Gasteiger partial charge >= 0.3 is 0 Å². The summed E-state index contributed by atoms with van der Waals surface area (Å²) in [5.41, 5.74) is 7.97. The van der Waals surface area contributed by atoms with Gasteiger partial charge in [-0.1, -0.05) is 19.9 Å². The van der Waals surface area contributed by atoms with Crippen molar-refractivity contribution in [2.75, 3.05) is 0 Å². The van der Waals surface area contributed by atoms with E-state index >= 15 is 0 Å². The van der Waals surface area contributed by atoms with E-state index in [1.54, 1.807) is 6.21 Å². The van der Waals surface area contributed by atoms with Crippen molar-refractivity contribution in [1.29, 1.82) is 0 Å². The zero-order chi connectivity index (χ0) is 12.0. The standard InChI is InChI=1S/C12H20N4/c1-4-6-11(13)8-16-9-15-12(10(16)3)7-14-5-2/h5,7,9,11H,2,4,6,8,13H2,1,3H3/t11-/m1/s1. The Morgan fingerprint density at radius 3 is 3.06 bits per heavy atom. The second-order valence-corrected chi connectivity index (χ2v) is 3.88. The highest BCUT2D eigenvalue weighted by atomic mass is 15.1. The van der Waals surface area contributed by atoms with Crippen molar-refractivity contribution >= 4 is 6.21 Å². The maximum Gasteiger partial charge on any atom is 0.102 e. The average molecular weight is 220 g/mol.